The summed E-state index contributed by atoms with van der Waals surface area (Å²) in [6.45, 7) is 0.992. The lowest BCUT2D eigenvalue weighted by atomic mass is 9.95. The van der Waals surface area contributed by atoms with E-state index in [2.05, 4.69) is 10.3 Å². The number of aromatic nitrogens is 1. The molecule has 3 rings (SSSR count). The van der Waals surface area contributed by atoms with Crippen LogP contribution in [0.25, 0.3) is 0 Å². The zero-order valence-electron chi connectivity index (χ0n) is 14.8. The smallest absolute Gasteiger partial charge is 0.223 e. The Hall–Kier alpha value is -1.89. The number of nitrogens with two attached hydrogens (primary N) is 1. The molecule has 1 heterocycles. The number of carbonyl (C=O) groups excluding carboxylic acids is 1. The molecule has 0 saturated heterocycles. The minimum Gasteiger partial charge on any atom is -0.439 e. The zero-order valence-corrected chi connectivity index (χ0v) is 16.4. The first-order valence-electron chi connectivity index (χ1n) is 8.52. The van der Waals surface area contributed by atoms with Crippen LogP contribution in [0.1, 0.15) is 24.8 Å². The zero-order chi connectivity index (χ0) is 17.6. The Kier molecular flexibility index (Phi) is 9.49. The van der Waals surface area contributed by atoms with Crippen LogP contribution in [0, 0.1) is 17.7 Å². The Morgan fingerprint density at radius 2 is 1.93 bits per heavy atom. The first-order valence-corrected chi connectivity index (χ1v) is 8.52. The molecule has 1 aromatic carbocycles. The molecular formula is C19H24Cl2FN3O2. The molecule has 2 aromatic rings. The molecule has 1 saturated carbocycles. The van der Waals surface area contributed by atoms with Gasteiger partial charge in [0.25, 0.3) is 0 Å². The summed E-state index contributed by atoms with van der Waals surface area (Å²) in [7, 11) is 0. The minimum absolute atomic E-state index is 0. The Morgan fingerprint density at radius 3 is 2.56 bits per heavy atom. The van der Waals surface area contributed by atoms with Gasteiger partial charge in [0.15, 0.2) is 0 Å². The van der Waals surface area contributed by atoms with Crippen molar-refractivity contribution in [2.24, 2.45) is 17.6 Å². The van der Waals surface area contributed by atoms with Gasteiger partial charge in [0.05, 0.1) is 0 Å². The maximum absolute atomic E-state index is 12.9. The van der Waals surface area contributed by atoms with Crippen molar-refractivity contribution in [3.8, 4) is 11.6 Å². The lowest BCUT2D eigenvalue weighted by Gasteiger charge is -2.17. The fraction of sp³-hybridized carbons (Fsp3) is 0.368. The van der Waals surface area contributed by atoms with Crippen LogP contribution in [0.15, 0.2) is 42.6 Å². The highest BCUT2D eigenvalue weighted by atomic mass is 35.5. The number of pyridine rings is 1. The first kappa shape index (κ1) is 23.1. The van der Waals surface area contributed by atoms with E-state index in [0.29, 0.717) is 30.6 Å². The molecule has 0 bridgehead atoms. The van der Waals surface area contributed by atoms with Gasteiger partial charge in [0.1, 0.15) is 11.6 Å². The molecule has 5 nitrogen and oxygen atoms in total. The molecule has 0 spiro atoms. The van der Waals surface area contributed by atoms with E-state index in [9.17, 15) is 9.18 Å². The topological polar surface area (TPSA) is 77.2 Å². The van der Waals surface area contributed by atoms with Gasteiger partial charge in [0, 0.05) is 24.7 Å². The molecule has 1 fully saturated rings. The van der Waals surface area contributed by atoms with E-state index < -0.39 is 0 Å². The molecule has 1 aromatic heterocycles. The Balaban J connectivity index is 0.00000182. The lowest BCUT2D eigenvalue weighted by Crippen LogP contribution is -2.34. The Bertz CT molecular complexity index is 714. The maximum Gasteiger partial charge on any atom is 0.223 e. The van der Waals surface area contributed by atoms with Crippen molar-refractivity contribution in [2.45, 2.75) is 25.8 Å². The molecule has 27 heavy (non-hydrogen) atoms. The van der Waals surface area contributed by atoms with Crippen LogP contribution in [0.5, 0.6) is 11.6 Å². The van der Waals surface area contributed by atoms with Crippen LogP contribution >= 0.6 is 24.8 Å². The largest absolute Gasteiger partial charge is 0.439 e. The summed E-state index contributed by atoms with van der Waals surface area (Å²) in [4.78, 5) is 16.5. The summed E-state index contributed by atoms with van der Waals surface area (Å²) < 4.78 is 18.4. The van der Waals surface area contributed by atoms with Gasteiger partial charge in [0.2, 0.25) is 11.8 Å². The van der Waals surface area contributed by atoms with Gasteiger partial charge in [-0.3, -0.25) is 4.79 Å². The highest BCUT2D eigenvalue weighted by Gasteiger charge is 2.31. The van der Waals surface area contributed by atoms with Crippen LogP contribution in [0.3, 0.4) is 0 Å². The van der Waals surface area contributed by atoms with Crippen molar-refractivity contribution in [1.82, 2.24) is 10.3 Å². The summed E-state index contributed by atoms with van der Waals surface area (Å²) in [5.41, 5.74) is 6.62. The molecule has 3 N–H and O–H groups in total. The molecule has 1 amide bonds. The average molecular weight is 416 g/mol. The number of benzene rings is 1. The summed E-state index contributed by atoms with van der Waals surface area (Å²) in [5, 5.41) is 2.96. The number of hydrogen-bond donors (Lipinski definition) is 2. The van der Waals surface area contributed by atoms with Crippen LogP contribution in [0.2, 0.25) is 0 Å². The third kappa shape index (κ3) is 6.34. The molecule has 0 unspecified atom stereocenters. The van der Waals surface area contributed by atoms with Crippen molar-refractivity contribution >= 4 is 30.7 Å². The van der Waals surface area contributed by atoms with E-state index in [1.54, 1.807) is 24.4 Å². The number of nitrogens with zero attached hydrogens (tertiary/aromatic N) is 1. The number of hydrogen-bond acceptors (Lipinski definition) is 4. The highest BCUT2D eigenvalue weighted by Crippen LogP contribution is 2.31. The normalized spacial score (nSPS) is 18.1. The third-order valence-corrected chi connectivity index (χ3v) is 4.60. The summed E-state index contributed by atoms with van der Waals surface area (Å²) in [5.74, 6) is 1.01. The third-order valence-electron chi connectivity index (χ3n) is 4.60. The molecule has 0 radical (unpaired) electrons. The molecule has 148 valence electrons. The van der Waals surface area contributed by atoms with Gasteiger partial charge < -0.3 is 15.8 Å². The van der Waals surface area contributed by atoms with Crippen molar-refractivity contribution in [3.05, 3.63) is 54.0 Å². The van der Waals surface area contributed by atoms with E-state index in [4.69, 9.17) is 10.5 Å². The van der Waals surface area contributed by atoms with Crippen molar-refractivity contribution in [2.75, 3.05) is 6.54 Å². The number of carbonyl (C=O) groups is 1. The lowest BCUT2D eigenvalue weighted by molar-refractivity contribution is -0.126. The van der Waals surface area contributed by atoms with Gasteiger partial charge in [-0.15, -0.1) is 24.8 Å². The van der Waals surface area contributed by atoms with E-state index in [-0.39, 0.29) is 42.5 Å². The van der Waals surface area contributed by atoms with Crippen molar-refractivity contribution in [3.63, 3.8) is 0 Å². The Labute approximate surface area is 170 Å². The fourth-order valence-corrected chi connectivity index (χ4v) is 3.18. The van der Waals surface area contributed by atoms with E-state index in [1.165, 1.54) is 12.1 Å². The number of ether oxygens (including phenoxy) is 1. The maximum atomic E-state index is 12.9. The van der Waals surface area contributed by atoms with E-state index >= 15 is 0 Å². The predicted molar refractivity (Wildman–Crippen MR) is 107 cm³/mol. The van der Waals surface area contributed by atoms with Crippen LogP contribution in [-0.2, 0) is 11.3 Å². The molecule has 1 aliphatic carbocycles. The number of halogens is 3. The fourth-order valence-electron chi connectivity index (χ4n) is 3.18. The minimum atomic E-state index is -0.314. The average Bonchev–Trinajstić information content (AvgIpc) is 3.12. The molecule has 2 atom stereocenters. The van der Waals surface area contributed by atoms with E-state index in [1.807, 2.05) is 6.07 Å². The van der Waals surface area contributed by atoms with E-state index in [0.717, 1.165) is 24.8 Å². The molecule has 8 heteroatoms. The quantitative estimate of drug-likeness (QED) is 0.750. The second-order valence-corrected chi connectivity index (χ2v) is 6.31. The van der Waals surface area contributed by atoms with Gasteiger partial charge in [-0.2, -0.15) is 0 Å². The standard InChI is InChI=1S/C19H22FN3O2.2ClH/c20-15-5-7-16(8-6-15)25-18-9-4-13(11-22-18)12-23-19(24)17-3-1-2-14(17)10-21;;/h4-9,11,14,17H,1-3,10,12,21H2,(H,23,24);2*1H/t14-,17-;;/m1../s1. The molecule has 1 aliphatic rings. The first-order chi connectivity index (χ1) is 12.2. The van der Waals surface area contributed by atoms with Gasteiger partial charge >= 0.3 is 0 Å². The van der Waals surface area contributed by atoms with Crippen LogP contribution < -0.4 is 15.8 Å². The summed E-state index contributed by atoms with van der Waals surface area (Å²) >= 11 is 0. The second kappa shape index (κ2) is 11.1. The highest BCUT2D eigenvalue weighted by molar-refractivity contribution is 5.85. The van der Waals surface area contributed by atoms with Crippen molar-refractivity contribution < 1.29 is 13.9 Å². The predicted octanol–water partition coefficient (Wildman–Crippen LogP) is 3.85. The van der Waals surface area contributed by atoms with Crippen LogP contribution in [0.4, 0.5) is 4.39 Å². The molecule has 0 aliphatic heterocycles. The number of nitrogens with one attached hydrogen (secondary N) is 1. The second-order valence-electron chi connectivity index (χ2n) is 6.31. The van der Waals surface area contributed by atoms with Crippen LogP contribution in [-0.4, -0.2) is 17.4 Å². The van der Waals surface area contributed by atoms with Gasteiger partial charge in [-0.05, 0) is 55.1 Å². The number of amides is 1. The van der Waals surface area contributed by atoms with Gasteiger partial charge in [-0.25, -0.2) is 9.37 Å². The monoisotopic (exact) mass is 415 g/mol. The number of rotatable bonds is 6. The summed E-state index contributed by atoms with van der Waals surface area (Å²) in [6.07, 6.45) is 4.67. The Morgan fingerprint density at radius 1 is 1.19 bits per heavy atom. The van der Waals surface area contributed by atoms with Crippen molar-refractivity contribution in [1.29, 1.82) is 0 Å². The molecular weight excluding hydrogens is 392 g/mol. The SMILES string of the molecule is Cl.Cl.NC[C@H]1CCC[C@H]1C(=O)NCc1ccc(Oc2ccc(F)cc2)nc1. The summed E-state index contributed by atoms with van der Waals surface area (Å²) in [6, 6.07) is 9.32. The van der Waals surface area contributed by atoms with Gasteiger partial charge in [-0.1, -0.05) is 12.5 Å².